The summed E-state index contributed by atoms with van der Waals surface area (Å²) in [6.07, 6.45) is 3.95. The van der Waals surface area contributed by atoms with E-state index in [9.17, 15) is 0 Å². The van der Waals surface area contributed by atoms with Crippen molar-refractivity contribution in [1.82, 2.24) is 9.80 Å². The van der Waals surface area contributed by atoms with E-state index in [1.807, 2.05) is 0 Å². The van der Waals surface area contributed by atoms with Crippen molar-refractivity contribution in [3.63, 3.8) is 0 Å². The van der Waals surface area contributed by atoms with Crippen molar-refractivity contribution < 1.29 is 0 Å². The Hall–Kier alpha value is -0.120. The Morgan fingerprint density at radius 1 is 1.31 bits per heavy atom. The molecule has 1 heterocycles. The average Bonchev–Trinajstić information content (AvgIpc) is 2.78. The molecule has 0 aromatic carbocycles. The Kier molecular flexibility index (Phi) is 6.32. The molecule has 3 nitrogen and oxygen atoms in total. The van der Waals surface area contributed by atoms with Gasteiger partial charge < -0.3 is 15.5 Å². The molecule has 16 heavy (non-hydrogen) atoms. The molecule has 1 aliphatic heterocycles. The normalized spacial score (nSPS) is 21.6. The Morgan fingerprint density at radius 2 is 1.94 bits per heavy atom. The van der Waals surface area contributed by atoms with E-state index >= 15 is 0 Å². The molecule has 0 saturated carbocycles. The van der Waals surface area contributed by atoms with Crippen LogP contribution in [-0.4, -0.2) is 55.6 Å². The van der Waals surface area contributed by atoms with Gasteiger partial charge in [-0.25, -0.2) is 0 Å². The van der Waals surface area contributed by atoms with Gasteiger partial charge in [-0.05, 0) is 38.9 Å². The third-order valence-electron chi connectivity index (χ3n) is 3.89. The monoisotopic (exact) mass is 227 g/mol. The molecule has 0 aliphatic carbocycles. The number of likely N-dealkylation sites (tertiary alicyclic amines) is 1. The molecule has 0 radical (unpaired) electrons. The summed E-state index contributed by atoms with van der Waals surface area (Å²) < 4.78 is 0. The van der Waals surface area contributed by atoms with Gasteiger partial charge in [-0.2, -0.15) is 0 Å². The summed E-state index contributed by atoms with van der Waals surface area (Å²) in [6.45, 7) is 10.5. The van der Waals surface area contributed by atoms with Gasteiger partial charge in [0.05, 0.1) is 0 Å². The Labute approximate surface area is 101 Å². The minimum Gasteiger partial charge on any atom is -0.326 e. The zero-order valence-corrected chi connectivity index (χ0v) is 11.3. The number of hydrogen-bond donors (Lipinski definition) is 1. The molecule has 1 fully saturated rings. The van der Waals surface area contributed by atoms with Crippen LogP contribution in [0.1, 0.15) is 33.1 Å². The molecule has 0 aromatic rings. The Morgan fingerprint density at radius 3 is 2.50 bits per heavy atom. The number of nitrogens with zero attached hydrogens (tertiary/aromatic N) is 2. The molecule has 0 bridgehead atoms. The van der Waals surface area contributed by atoms with Crippen LogP contribution in [0.15, 0.2) is 0 Å². The van der Waals surface area contributed by atoms with Crippen LogP contribution in [0.5, 0.6) is 0 Å². The van der Waals surface area contributed by atoms with Crippen molar-refractivity contribution >= 4 is 0 Å². The zero-order chi connectivity index (χ0) is 12.0. The summed E-state index contributed by atoms with van der Waals surface area (Å²) in [5.74, 6) is 0.634. The van der Waals surface area contributed by atoms with E-state index in [1.54, 1.807) is 0 Å². The fourth-order valence-electron chi connectivity index (χ4n) is 2.25. The van der Waals surface area contributed by atoms with Gasteiger partial charge in [-0.15, -0.1) is 0 Å². The second kappa shape index (κ2) is 7.25. The molecule has 1 rings (SSSR count). The SMILES string of the molecule is CCC(C)C(N)CN(C)CCN1CCCC1. The van der Waals surface area contributed by atoms with Crippen LogP contribution in [0.4, 0.5) is 0 Å². The Bertz CT molecular complexity index is 178. The van der Waals surface area contributed by atoms with Crippen LogP contribution in [0.2, 0.25) is 0 Å². The molecule has 96 valence electrons. The number of likely N-dealkylation sites (N-methyl/N-ethyl adjacent to an activating group) is 1. The lowest BCUT2D eigenvalue weighted by molar-refractivity contribution is 0.231. The van der Waals surface area contributed by atoms with Crippen LogP contribution in [0.3, 0.4) is 0 Å². The molecule has 0 spiro atoms. The summed E-state index contributed by atoms with van der Waals surface area (Å²) in [5.41, 5.74) is 6.16. The number of rotatable bonds is 7. The maximum Gasteiger partial charge on any atom is 0.0193 e. The third-order valence-corrected chi connectivity index (χ3v) is 3.89. The number of hydrogen-bond acceptors (Lipinski definition) is 3. The lowest BCUT2D eigenvalue weighted by Crippen LogP contribution is -2.42. The minimum atomic E-state index is 0.327. The highest BCUT2D eigenvalue weighted by atomic mass is 15.2. The minimum absolute atomic E-state index is 0.327. The third kappa shape index (κ3) is 4.81. The Balaban J connectivity index is 2.11. The molecule has 0 aromatic heterocycles. The molecular formula is C13H29N3. The zero-order valence-electron chi connectivity index (χ0n) is 11.3. The van der Waals surface area contributed by atoms with Gasteiger partial charge in [0.1, 0.15) is 0 Å². The standard InChI is InChI=1S/C13H29N3/c1-4-12(2)13(14)11-15(3)9-10-16-7-5-6-8-16/h12-13H,4-11,14H2,1-3H3. The van der Waals surface area contributed by atoms with E-state index in [0.29, 0.717) is 12.0 Å². The molecular weight excluding hydrogens is 198 g/mol. The predicted octanol–water partition coefficient (Wildman–Crippen LogP) is 1.39. The van der Waals surface area contributed by atoms with Crippen LogP contribution in [0.25, 0.3) is 0 Å². The van der Waals surface area contributed by atoms with Gasteiger partial charge in [0, 0.05) is 25.7 Å². The first-order valence-electron chi connectivity index (χ1n) is 6.80. The molecule has 2 unspecified atom stereocenters. The smallest absolute Gasteiger partial charge is 0.0193 e. The molecule has 2 atom stereocenters. The highest BCUT2D eigenvalue weighted by molar-refractivity contribution is 4.73. The summed E-state index contributed by atoms with van der Waals surface area (Å²) in [6, 6.07) is 0.327. The van der Waals surface area contributed by atoms with Gasteiger partial charge in [-0.1, -0.05) is 20.3 Å². The second-order valence-corrected chi connectivity index (χ2v) is 5.36. The van der Waals surface area contributed by atoms with Gasteiger partial charge in [0.15, 0.2) is 0 Å². The fourth-order valence-corrected chi connectivity index (χ4v) is 2.25. The first kappa shape index (κ1) is 13.9. The maximum atomic E-state index is 6.16. The van der Waals surface area contributed by atoms with Crippen LogP contribution < -0.4 is 5.73 Å². The van der Waals surface area contributed by atoms with Gasteiger partial charge in [0.2, 0.25) is 0 Å². The molecule has 1 aliphatic rings. The summed E-state index contributed by atoms with van der Waals surface area (Å²) in [4.78, 5) is 4.94. The van der Waals surface area contributed by atoms with Crippen molar-refractivity contribution in [3.8, 4) is 0 Å². The first-order valence-corrected chi connectivity index (χ1v) is 6.80. The van der Waals surface area contributed by atoms with E-state index in [0.717, 1.165) is 13.1 Å². The topological polar surface area (TPSA) is 32.5 Å². The van der Waals surface area contributed by atoms with Crippen molar-refractivity contribution in [2.45, 2.75) is 39.2 Å². The van der Waals surface area contributed by atoms with Gasteiger partial charge in [0.25, 0.3) is 0 Å². The average molecular weight is 227 g/mol. The van der Waals surface area contributed by atoms with Crippen molar-refractivity contribution in [3.05, 3.63) is 0 Å². The molecule has 1 saturated heterocycles. The van der Waals surface area contributed by atoms with E-state index in [4.69, 9.17) is 5.73 Å². The van der Waals surface area contributed by atoms with Crippen LogP contribution in [-0.2, 0) is 0 Å². The van der Waals surface area contributed by atoms with Crippen LogP contribution >= 0.6 is 0 Å². The van der Waals surface area contributed by atoms with Crippen molar-refractivity contribution in [2.75, 3.05) is 39.8 Å². The van der Waals surface area contributed by atoms with E-state index in [-0.39, 0.29) is 0 Å². The van der Waals surface area contributed by atoms with E-state index in [1.165, 1.54) is 38.9 Å². The van der Waals surface area contributed by atoms with Gasteiger partial charge in [-0.3, -0.25) is 0 Å². The molecule has 0 amide bonds. The lowest BCUT2D eigenvalue weighted by Gasteiger charge is -2.26. The van der Waals surface area contributed by atoms with Crippen molar-refractivity contribution in [1.29, 1.82) is 0 Å². The predicted molar refractivity (Wildman–Crippen MR) is 70.6 cm³/mol. The highest BCUT2D eigenvalue weighted by Gasteiger charge is 2.15. The summed E-state index contributed by atoms with van der Waals surface area (Å²) >= 11 is 0. The van der Waals surface area contributed by atoms with E-state index in [2.05, 4.69) is 30.7 Å². The largest absolute Gasteiger partial charge is 0.326 e. The second-order valence-electron chi connectivity index (χ2n) is 5.36. The number of nitrogens with two attached hydrogens (primary N) is 1. The van der Waals surface area contributed by atoms with Crippen molar-refractivity contribution in [2.24, 2.45) is 11.7 Å². The molecule has 2 N–H and O–H groups in total. The quantitative estimate of drug-likeness (QED) is 0.713. The van der Waals surface area contributed by atoms with Gasteiger partial charge >= 0.3 is 0 Å². The summed E-state index contributed by atoms with van der Waals surface area (Å²) in [7, 11) is 2.19. The van der Waals surface area contributed by atoms with E-state index < -0.39 is 0 Å². The lowest BCUT2D eigenvalue weighted by atomic mass is 10.00. The first-order chi connectivity index (χ1) is 7.63. The highest BCUT2D eigenvalue weighted by Crippen LogP contribution is 2.08. The summed E-state index contributed by atoms with van der Waals surface area (Å²) in [5, 5.41) is 0. The van der Waals surface area contributed by atoms with Crippen LogP contribution in [0, 0.1) is 5.92 Å². The molecule has 3 heteroatoms. The fraction of sp³-hybridized carbons (Fsp3) is 1.00. The maximum absolute atomic E-state index is 6.16.